The summed E-state index contributed by atoms with van der Waals surface area (Å²) in [6.45, 7) is 0.895. The minimum atomic E-state index is -0.659. The summed E-state index contributed by atoms with van der Waals surface area (Å²) in [5.41, 5.74) is 6.97. The van der Waals surface area contributed by atoms with E-state index < -0.39 is 4.33 Å². The summed E-state index contributed by atoms with van der Waals surface area (Å²) in [7, 11) is 0. The first-order valence-electron chi connectivity index (χ1n) is 4.36. The Morgan fingerprint density at radius 3 is 2.62 bits per heavy atom. The SMILES string of the molecule is [NH-]CC[N-]C1CCCCC1(Cl)Cl.[Pt+2]. The molecule has 2 nitrogen and oxygen atoms in total. The quantitative estimate of drug-likeness (QED) is 0.646. The molecule has 0 bridgehead atoms. The molecule has 1 aliphatic rings. The van der Waals surface area contributed by atoms with Gasteiger partial charge in [-0.15, -0.1) is 29.2 Å². The van der Waals surface area contributed by atoms with E-state index in [4.69, 9.17) is 28.9 Å². The molecule has 0 aromatic heterocycles. The molecule has 1 aliphatic carbocycles. The van der Waals surface area contributed by atoms with Crippen molar-refractivity contribution in [3.63, 3.8) is 0 Å². The second kappa shape index (κ2) is 6.63. The maximum absolute atomic E-state index is 6.97. The van der Waals surface area contributed by atoms with Gasteiger partial charge in [-0.3, -0.25) is 0 Å². The Bertz CT molecular complexity index is 144. The smallest absolute Gasteiger partial charge is 0.679 e. The van der Waals surface area contributed by atoms with Crippen LogP contribution in [0, 0.1) is 0 Å². The largest absolute Gasteiger partial charge is 2.00 e. The van der Waals surface area contributed by atoms with Crippen LogP contribution < -0.4 is 0 Å². The van der Waals surface area contributed by atoms with E-state index in [-0.39, 0.29) is 27.1 Å². The molecular weight excluding hydrogens is 390 g/mol. The maximum Gasteiger partial charge on any atom is 2.00 e. The van der Waals surface area contributed by atoms with E-state index in [1.54, 1.807) is 0 Å². The average molecular weight is 404 g/mol. The summed E-state index contributed by atoms with van der Waals surface area (Å²) in [5.74, 6) is 0. The molecule has 0 aliphatic heterocycles. The van der Waals surface area contributed by atoms with E-state index in [9.17, 15) is 0 Å². The monoisotopic (exact) mass is 403 g/mol. The van der Waals surface area contributed by atoms with E-state index >= 15 is 0 Å². The summed E-state index contributed by atoms with van der Waals surface area (Å²) < 4.78 is -0.659. The standard InChI is InChI=1S/C8H14Cl2N2.Pt/c9-8(10)4-2-1-3-7(8)12-6-5-11;/h7,11H,1-6H2;/q-2;+2. The molecule has 0 radical (unpaired) electrons. The number of hydrogen-bond donors (Lipinski definition) is 0. The van der Waals surface area contributed by atoms with Crippen LogP contribution in [0.15, 0.2) is 0 Å². The Balaban J connectivity index is 0.00000144. The van der Waals surface area contributed by atoms with Gasteiger partial charge < -0.3 is 11.1 Å². The summed E-state index contributed by atoms with van der Waals surface area (Å²) in [5, 5.41) is 4.30. The third-order valence-electron chi connectivity index (χ3n) is 2.19. The fourth-order valence-corrected chi connectivity index (χ4v) is 2.14. The molecule has 80 valence electrons. The second-order valence-corrected chi connectivity index (χ2v) is 4.72. The minimum Gasteiger partial charge on any atom is -0.679 e. The van der Waals surface area contributed by atoms with Crippen molar-refractivity contribution in [2.45, 2.75) is 36.1 Å². The van der Waals surface area contributed by atoms with E-state index in [0.717, 1.165) is 25.7 Å². The number of hydrogen-bond acceptors (Lipinski definition) is 0. The van der Waals surface area contributed by atoms with Crippen molar-refractivity contribution in [2.75, 3.05) is 13.1 Å². The molecule has 1 atom stereocenters. The fraction of sp³-hybridized carbons (Fsp3) is 1.00. The van der Waals surface area contributed by atoms with Crippen LogP contribution in [0.4, 0.5) is 0 Å². The zero-order valence-electron chi connectivity index (χ0n) is 7.34. The molecule has 0 aromatic carbocycles. The average Bonchev–Trinajstić information content (AvgIpc) is 2.02. The van der Waals surface area contributed by atoms with Crippen LogP contribution in [0.1, 0.15) is 25.7 Å². The number of rotatable bonds is 3. The number of nitrogens with zero attached hydrogens (tertiary/aromatic N) is 1. The molecule has 13 heavy (non-hydrogen) atoms. The van der Waals surface area contributed by atoms with Crippen LogP contribution in [0.2, 0.25) is 0 Å². The van der Waals surface area contributed by atoms with Gasteiger partial charge >= 0.3 is 21.1 Å². The van der Waals surface area contributed by atoms with Gasteiger partial charge in [-0.25, -0.2) is 0 Å². The number of alkyl halides is 2. The first kappa shape index (κ1) is 14.2. The predicted molar refractivity (Wildman–Crippen MR) is 54.1 cm³/mol. The van der Waals surface area contributed by atoms with Crippen LogP contribution in [-0.2, 0) is 21.1 Å². The van der Waals surface area contributed by atoms with E-state index in [0.29, 0.717) is 13.1 Å². The molecule has 1 saturated carbocycles. The Morgan fingerprint density at radius 2 is 2.08 bits per heavy atom. The summed E-state index contributed by atoms with van der Waals surface area (Å²) in [4.78, 5) is 0. The van der Waals surface area contributed by atoms with Crippen molar-refractivity contribution >= 4 is 23.2 Å². The van der Waals surface area contributed by atoms with Crippen molar-refractivity contribution in [3.8, 4) is 0 Å². The Kier molecular flexibility index (Phi) is 7.24. The first-order chi connectivity index (χ1) is 5.67. The first-order valence-corrected chi connectivity index (χ1v) is 5.11. The van der Waals surface area contributed by atoms with Crippen molar-refractivity contribution in [1.82, 2.24) is 0 Å². The van der Waals surface area contributed by atoms with Crippen LogP contribution >= 0.6 is 23.2 Å². The van der Waals surface area contributed by atoms with Crippen LogP contribution in [0.3, 0.4) is 0 Å². The molecule has 1 fully saturated rings. The molecule has 5 heteroatoms. The van der Waals surface area contributed by atoms with Gasteiger partial charge in [-0.1, -0.05) is 19.3 Å². The summed E-state index contributed by atoms with van der Waals surface area (Å²) in [6, 6.07) is 0.0555. The van der Waals surface area contributed by atoms with Crippen LogP contribution in [0.25, 0.3) is 11.1 Å². The van der Waals surface area contributed by atoms with Gasteiger partial charge in [0.15, 0.2) is 0 Å². The van der Waals surface area contributed by atoms with E-state index in [2.05, 4.69) is 5.32 Å². The van der Waals surface area contributed by atoms with E-state index in [1.807, 2.05) is 0 Å². The van der Waals surface area contributed by atoms with Gasteiger partial charge in [0, 0.05) is 0 Å². The molecule has 0 spiro atoms. The number of halogens is 2. The van der Waals surface area contributed by atoms with Gasteiger partial charge in [0.25, 0.3) is 0 Å². The van der Waals surface area contributed by atoms with Crippen LogP contribution in [-0.4, -0.2) is 23.5 Å². The molecule has 1 N–H and O–H groups in total. The minimum absolute atomic E-state index is 0. The number of nitrogens with one attached hydrogen (secondary N) is 1. The van der Waals surface area contributed by atoms with Crippen LogP contribution in [0.5, 0.6) is 0 Å². The van der Waals surface area contributed by atoms with Gasteiger partial charge in [-0.2, -0.15) is 13.1 Å². The molecule has 0 aromatic rings. The summed E-state index contributed by atoms with van der Waals surface area (Å²) in [6.07, 6.45) is 4.07. The molecule has 1 unspecified atom stereocenters. The Morgan fingerprint density at radius 1 is 1.38 bits per heavy atom. The van der Waals surface area contributed by atoms with Gasteiger partial charge in [0.1, 0.15) is 4.33 Å². The summed E-state index contributed by atoms with van der Waals surface area (Å²) >= 11 is 12.2. The Hall–Kier alpha value is 1.19. The molecule has 0 amide bonds. The van der Waals surface area contributed by atoms with E-state index in [1.165, 1.54) is 0 Å². The second-order valence-electron chi connectivity index (χ2n) is 3.18. The molecule has 1 rings (SSSR count). The van der Waals surface area contributed by atoms with Crippen molar-refractivity contribution < 1.29 is 21.1 Å². The predicted octanol–water partition coefficient (Wildman–Crippen LogP) is 3.53. The maximum atomic E-state index is 6.97. The normalized spacial score (nSPS) is 26.5. The van der Waals surface area contributed by atoms with Crippen molar-refractivity contribution in [2.24, 2.45) is 0 Å². The zero-order valence-corrected chi connectivity index (χ0v) is 11.1. The van der Waals surface area contributed by atoms with Crippen molar-refractivity contribution in [3.05, 3.63) is 11.1 Å². The third-order valence-corrected chi connectivity index (χ3v) is 3.07. The zero-order chi connectivity index (χ0) is 9.03. The molecule has 0 saturated heterocycles. The van der Waals surface area contributed by atoms with Gasteiger partial charge in [0.2, 0.25) is 0 Å². The Labute approximate surface area is 104 Å². The molecular formula is C8H14Cl2N2Pt. The van der Waals surface area contributed by atoms with Crippen molar-refractivity contribution in [1.29, 1.82) is 0 Å². The molecule has 0 heterocycles. The van der Waals surface area contributed by atoms with Gasteiger partial charge in [0.05, 0.1) is 0 Å². The third kappa shape index (κ3) is 4.48. The topological polar surface area (TPSA) is 37.9 Å². The fourth-order valence-electron chi connectivity index (χ4n) is 1.52. The van der Waals surface area contributed by atoms with Gasteiger partial charge in [-0.05, 0) is 6.42 Å².